The maximum absolute atomic E-state index is 12.8. The number of hydrogen-bond donors (Lipinski definition) is 0. The summed E-state index contributed by atoms with van der Waals surface area (Å²) in [7, 11) is 0. The minimum atomic E-state index is -4.25. The Morgan fingerprint density at radius 1 is 1.23 bits per heavy atom. The van der Waals surface area contributed by atoms with Gasteiger partial charge >= 0.3 is 6.18 Å². The fraction of sp³-hybridized carbons (Fsp3) is 0.667. The van der Waals surface area contributed by atoms with Crippen LogP contribution in [0.2, 0.25) is 0 Å². The van der Waals surface area contributed by atoms with E-state index in [1.807, 2.05) is 13.0 Å². The lowest BCUT2D eigenvalue weighted by molar-refractivity contribution is -0.137. The minimum Gasteiger partial charge on any atom is -0.382 e. The molecule has 0 heterocycles. The van der Waals surface area contributed by atoms with Crippen molar-refractivity contribution in [3.63, 3.8) is 0 Å². The zero-order valence-electron chi connectivity index (χ0n) is 13.2. The fourth-order valence-corrected chi connectivity index (χ4v) is 3.44. The number of hydrogen-bond acceptors (Lipinski definition) is 1. The van der Waals surface area contributed by atoms with E-state index in [4.69, 9.17) is 4.74 Å². The van der Waals surface area contributed by atoms with Crippen LogP contribution in [0.3, 0.4) is 0 Å². The monoisotopic (exact) mass is 314 g/mol. The number of ether oxygens (including phenoxy) is 1. The van der Waals surface area contributed by atoms with Crippen molar-refractivity contribution in [2.24, 2.45) is 5.92 Å². The normalized spacial score (nSPS) is 22.7. The number of alkyl halides is 3. The van der Waals surface area contributed by atoms with Crippen molar-refractivity contribution in [2.45, 2.75) is 57.5 Å². The summed E-state index contributed by atoms with van der Waals surface area (Å²) < 4.78 is 43.9. The summed E-state index contributed by atoms with van der Waals surface area (Å²) in [6.45, 7) is 3.53. The summed E-state index contributed by atoms with van der Waals surface area (Å²) in [5, 5.41) is 0. The van der Waals surface area contributed by atoms with Crippen LogP contribution in [0, 0.1) is 5.92 Å². The van der Waals surface area contributed by atoms with E-state index in [2.05, 4.69) is 0 Å². The van der Waals surface area contributed by atoms with E-state index < -0.39 is 11.7 Å². The maximum atomic E-state index is 12.8. The Morgan fingerprint density at radius 2 is 2.05 bits per heavy atom. The molecule has 0 amide bonds. The van der Waals surface area contributed by atoms with Crippen molar-refractivity contribution in [1.82, 2.24) is 0 Å². The van der Waals surface area contributed by atoms with E-state index in [-0.39, 0.29) is 5.92 Å². The Labute approximate surface area is 130 Å². The Kier molecular flexibility index (Phi) is 6.30. The van der Waals surface area contributed by atoms with E-state index in [9.17, 15) is 13.2 Å². The lowest BCUT2D eigenvalue weighted by Gasteiger charge is -2.30. The SMILES string of the molecule is CCOCCC[C@@H]1CCCC(c2cccc(C(F)(F)F)c2)C1. The summed E-state index contributed by atoms with van der Waals surface area (Å²) in [6, 6.07) is 5.89. The van der Waals surface area contributed by atoms with E-state index >= 15 is 0 Å². The number of rotatable bonds is 6. The van der Waals surface area contributed by atoms with Crippen molar-refractivity contribution < 1.29 is 17.9 Å². The average molecular weight is 314 g/mol. The van der Waals surface area contributed by atoms with Gasteiger partial charge in [-0.3, -0.25) is 0 Å². The highest BCUT2D eigenvalue weighted by Crippen LogP contribution is 2.39. The molecule has 2 rings (SSSR count). The molecule has 1 saturated carbocycles. The van der Waals surface area contributed by atoms with E-state index in [0.29, 0.717) is 5.92 Å². The van der Waals surface area contributed by atoms with Crippen LogP contribution in [-0.4, -0.2) is 13.2 Å². The van der Waals surface area contributed by atoms with Crippen LogP contribution in [-0.2, 0) is 10.9 Å². The van der Waals surface area contributed by atoms with Crippen molar-refractivity contribution in [2.75, 3.05) is 13.2 Å². The van der Waals surface area contributed by atoms with Gasteiger partial charge in [0.25, 0.3) is 0 Å². The molecular formula is C18H25F3O. The molecule has 0 spiro atoms. The van der Waals surface area contributed by atoms with E-state index in [1.165, 1.54) is 18.6 Å². The standard InChI is InChI=1S/C18H25F3O/c1-2-22-11-5-7-14-6-3-8-15(12-14)16-9-4-10-17(13-16)18(19,20)21/h4,9-10,13-15H,2-3,5-8,11-12H2,1H3/t14-,15?/m0/s1. The molecule has 1 aromatic rings. The van der Waals surface area contributed by atoms with E-state index in [0.717, 1.165) is 56.9 Å². The lowest BCUT2D eigenvalue weighted by Crippen LogP contribution is -2.16. The van der Waals surface area contributed by atoms with Gasteiger partial charge in [0.1, 0.15) is 0 Å². The second-order valence-corrected chi connectivity index (χ2v) is 6.19. The van der Waals surface area contributed by atoms with Crippen LogP contribution >= 0.6 is 0 Å². The van der Waals surface area contributed by atoms with Crippen LogP contribution in [0.5, 0.6) is 0 Å². The first kappa shape index (κ1) is 17.3. The molecule has 2 atom stereocenters. The van der Waals surface area contributed by atoms with Gasteiger partial charge in [-0.15, -0.1) is 0 Å². The molecule has 0 saturated heterocycles. The molecule has 1 aliphatic carbocycles. The minimum absolute atomic E-state index is 0.271. The zero-order valence-corrected chi connectivity index (χ0v) is 13.2. The molecule has 22 heavy (non-hydrogen) atoms. The van der Waals surface area contributed by atoms with Gasteiger partial charge in [-0.05, 0) is 56.1 Å². The highest BCUT2D eigenvalue weighted by Gasteiger charge is 2.31. The maximum Gasteiger partial charge on any atom is 0.416 e. The molecule has 0 N–H and O–H groups in total. The number of halogens is 3. The van der Waals surface area contributed by atoms with Crippen LogP contribution in [0.15, 0.2) is 24.3 Å². The van der Waals surface area contributed by atoms with Crippen molar-refractivity contribution in [3.05, 3.63) is 35.4 Å². The molecule has 1 unspecified atom stereocenters. The predicted molar refractivity (Wildman–Crippen MR) is 81.9 cm³/mol. The molecule has 1 aliphatic rings. The first-order valence-electron chi connectivity index (χ1n) is 8.25. The van der Waals surface area contributed by atoms with Crippen molar-refractivity contribution in [1.29, 1.82) is 0 Å². The summed E-state index contributed by atoms with van der Waals surface area (Å²) >= 11 is 0. The predicted octanol–water partition coefficient (Wildman–Crippen LogP) is 5.80. The van der Waals surface area contributed by atoms with Crippen LogP contribution in [0.4, 0.5) is 13.2 Å². The quantitative estimate of drug-likeness (QED) is 0.603. The molecule has 1 aromatic carbocycles. The van der Waals surface area contributed by atoms with Gasteiger partial charge in [0.15, 0.2) is 0 Å². The molecule has 0 radical (unpaired) electrons. The molecule has 1 fully saturated rings. The summed E-state index contributed by atoms with van der Waals surface area (Å²) in [5.41, 5.74) is 0.327. The summed E-state index contributed by atoms with van der Waals surface area (Å²) in [5.74, 6) is 0.891. The first-order chi connectivity index (χ1) is 10.5. The van der Waals surface area contributed by atoms with Crippen LogP contribution in [0.1, 0.15) is 62.5 Å². The third-order valence-corrected chi connectivity index (χ3v) is 4.57. The molecule has 0 aromatic heterocycles. The number of benzene rings is 1. The van der Waals surface area contributed by atoms with Crippen molar-refractivity contribution >= 4 is 0 Å². The van der Waals surface area contributed by atoms with Gasteiger partial charge in [-0.2, -0.15) is 13.2 Å². The largest absolute Gasteiger partial charge is 0.416 e. The Balaban J connectivity index is 1.94. The first-order valence-corrected chi connectivity index (χ1v) is 8.25. The fourth-order valence-electron chi connectivity index (χ4n) is 3.44. The van der Waals surface area contributed by atoms with Crippen molar-refractivity contribution in [3.8, 4) is 0 Å². The highest BCUT2D eigenvalue weighted by molar-refractivity contribution is 5.28. The average Bonchev–Trinajstić information content (AvgIpc) is 2.51. The third-order valence-electron chi connectivity index (χ3n) is 4.57. The summed E-state index contributed by atoms with van der Waals surface area (Å²) in [4.78, 5) is 0. The third kappa shape index (κ3) is 5.01. The second-order valence-electron chi connectivity index (χ2n) is 6.19. The van der Waals surface area contributed by atoms with Gasteiger partial charge in [-0.25, -0.2) is 0 Å². The van der Waals surface area contributed by atoms with Crippen LogP contribution in [0.25, 0.3) is 0 Å². The molecule has 124 valence electrons. The second kappa shape index (κ2) is 8.00. The van der Waals surface area contributed by atoms with Gasteiger partial charge < -0.3 is 4.74 Å². The molecule has 0 bridgehead atoms. The molecule has 1 nitrogen and oxygen atoms in total. The zero-order chi connectivity index (χ0) is 16.0. The topological polar surface area (TPSA) is 9.23 Å². The lowest BCUT2D eigenvalue weighted by atomic mass is 9.76. The van der Waals surface area contributed by atoms with E-state index in [1.54, 1.807) is 0 Å². The Bertz CT molecular complexity index is 456. The Morgan fingerprint density at radius 3 is 2.77 bits per heavy atom. The van der Waals surface area contributed by atoms with Gasteiger partial charge in [0, 0.05) is 13.2 Å². The summed E-state index contributed by atoms with van der Waals surface area (Å²) in [6.07, 6.45) is 2.24. The Hall–Kier alpha value is -1.03. The van der Waals surface area contributed by atoms with Gasteiger partial charge in [0.2, 0.25) is 0 Å². The van der Waals surface area contributed by atoms with Gasteiger partial charge in [-0.1, -0.05) is 31.0 Å². The molecule has 0 aliphatic heterocycles. The van der Waals surface area contributed by atoms with Crippen LogP contribution < -0.4 is 0 Å². The molecular weight excluding hydrogens is 289 g/mol. The highest BCUT2D eigenvalue weighted by atomic mass is 19.4. The van der Waals surface area contributed by atoms with Gasteiger partial charge in [0.05, 0.1) is 5.56 Å². The molecule has 4 heteroatoms. The smallest absolute Gasteiger partial charge is 0.382 e.